The largest absolute Gasteiger partial charge is 0.459 e. The summed E-state index contributed by atoms with van der Waals surface area (Å²) >= 11 is 0. The lowest BCUT2D eigenvalue weighted by molar-refractivity contribution is 0.378. The van der Waals surface area contributed by atoms with E-state index in [1.54, 1.807) is 0 Å². The molecule has 1 aromatic carbocycles. The van der Waals surface area contributed by atoms with Gasteiger partial charge in [0.1, 0.15) is 11.3 Å². The fourth-order valence-electron chi connectivity index (χ4n) is 5.46. The molecule has 20 heavy (non-hydrogen) atoms. The van der Waals surface area contributed by atoms with E-state index in [0.717, 1.165) is 35.0 Å². The van der Waals surface area contributed by atoms with Crippen LogP contribution in [0.5, 0.6) is 0 Å². The van der Waals surface area contributed by atoms with Crippen LogP contribution in [-0.2, 0) is 0 Å². The highest BCUT2D eigenvalue weighted by atomic mass is 16.3. The minimum atomic E-state index is 0.111. The van der Waals surface area contributed by atoms with E-state index in [1.165, 1.54) is 30.2 Å². The SMILES string of the molecule is Cc1cccc2cc(C(N)C3C4C5CCC(C5)C43)oc12. The second kappa shape index (κ2) is 3.67. The number of benzene rings is 1. The summed E-state index contributed by atoms with van der Waals surface area (Å²) in [5.41, 5.74) is 8.79. The Morgan fingerprint density at radius 2 is 1.95 bits per heavy atom. The highest BCUT2D eigenvalue weighted by molar-refractivity contribution is 5.81. The molecular weight excluding hydrogens is 246 g/mol. The summed E-state index contributed by atoms with van der Waals surface area (Å²) in [4.78, 5) is 0. The van der Waals surface area contributed by atoms with Crippen molar-refractivity contribution in [3.63, 3.8) is 0 Å². The zero-order valence-electron chi connectivity index (χ0n) is 11.9. The van der Waals surface area contributed by atoms with Crippen LogP contribution in [0.25, 0.3) is 11.0 Å². The Bertz CT molecular complexity index is 672. The molecule has 3 aliphatic rings. The number of fused-ring (bicyclic) bond motifs is 6. The van der Waals surface area contributed by atoms with E-state index in [1.807, 2.05) is 0 Å². The summed E-state index contributed by atoms with van der Waals surface area (Å²) in [6, 6.07) is 8.60. The average Bonchev–Trinajstić information content (AvgIpc) is 2.84. The molecule has 2 aromatic rings. The first-order chi connectivity index (χ1) is 9.74. The fourth-order valence-corrected chi connectivity index (χ4v) is 5.46. The molecule has 5 atom stereocenters. The van der Waals surface area contributed by atoms with Gasteiger partial charge in [0.05, 0.1) is 6.04 Å². The summed E-state index contributed by atoms with van der Waals surface area (Å²) < 4.78 is 6.09. The molecule has 2 bridgehead atoms. The Labute approximate surface area is 119 Å². The molecule has 5 rings (SSSR count). The number of rotatable bonds is 2. The van der Waals surface area contributed by atoms with E-state index >= 15 is 0 Å². The van der Waals surface area contributed by atoms with Crippen LogP contribution >= 0.6 is 0 Å². The van der Waals surface area contributed by atoms with Gasteiger partial charge in [-0.1, -0.05) is 18.2 Å². The van der Waals surface area contributed by atoms with Crippen molar-refractivity contribution < 1.29 is 4.42 Å². The molecule has 2 nitrogen and oxygen atoms in total. The van der Waals surface area contributed by atoms with Gasteiger partial charge in [0.15, 0.2) is 0 Å². The van der Waals surface area contributed by atoms with Crippen molar-refractivity contribution in [3.05, 3.63) is 35.6 Å². The second-order valence-electron chi connectivity index (χ2n) is 7.23. The monoisotopic (exact) mass is 267 g/mol. The topological polar surface area (TPSA) is 39.2 Å². The summed E-state index contributed by atoms with van der Waals surface area (Å²) in [5, 5.41) is 1.20. The van der Waals surface area contributed by atoms with Gasteiger partial charge in [-0.2, -0.15) is 0 Å². The van der Waals surface area contributed by atoms with Crippen molar-refractivity contribution in [2.24, 2.45) is 35.3 Å². The Balaban J connectivity index is 1.49. The van der Waals surface area contributed by atoms with Crippen molar-refractivity contribution >= 4 is 11.0 Å². The second-order valence-corrected chi connectivity index (χ2v) is 7.23. The van der Waals surface area contributed by atoms with Crippen LogP contribution in [0, 0.1) is 36.5 Å². The van der Waals surface area contributed by atoms with Crippen LogP contribution in [0.3, 0.4) is 0 Å². The van der Waals surface area contributed by atoms with E-state index in [2.05, 4.69) is 31.2 Å². The Morgan fingerprint density at radius 1 is 1.20 bits per heavy atom. The predicted molar refractivity (Wildman–Crippen MR) is 79.2 cm³/mol. The number of hydrogen-bond acceptors (Lipinski definition) is 2. The third kappa shape index (κ3) is 1.33. The number of nitrogens with two attached hydrogens (primary N) is 1. The van der Waals surface area contributed by atoms with Gasteiger partial charge >= 0.3 is 0 Å². The summed E-state index contributed by atoms with van der Waals surface area (Å²) in [6.07, 6.45) is 4.39. The van der Waals surface area contributed by atoms with E-state index in [0.29, 0.717) is 5.92 Å². The number of para-hydroxylation sites is 1. The van der Waals surface area contributed by atoms with Crippen molar-refractivity contribution in [2.45, 2.75) is 32.2 Å². The molecule has 0 spiro atoms. The van der Waals surface area contributed by atoms with Crippen LogP contribution in [0.15, 0.2) is 28.7 Å². The Kier molecular flexibility index (Phi) is 2.09. The average molecular weight is 267 g/mol. The van der Waals surface area contributed by atoms with E-state index in [9.17, 15) is 0 Å². The van der Waals surface area contributed by atoms with Crippen LogP contribution in [0.1, 0.15) is 36.6 Å². The van der Waals surface area contributed by atoms with Gasteiger partial charge in [-0.05, 0) is 67.4 Å². The molecule has 0 radical (unpaired) electrons. The van der Waals surface area contributed by atoms with Gasteiger partial charge in [-0.25, -0.2) is 0 Å². The zero-order chi connectivity index (χ0) is 13.4. The van der Waals surface area contributed by atoms with Gasteiger partial charge in [-0.3, -0.25) is 0 Å². The van der Waals surface area contributed by atoms with Crippen LogP contribution in [0.4, 0.5) is 0 Å². The minimum Gasteiger partial charge on any atom is -0.459 e. The van der Waals surface area contributed by atoms with Crippen LogP contribution in [-0.4, -0.2) is 0 Å². The van der Waals surface area contributed by atoms with Gasteiger partial charge in [-0.15, -0.1) is 0 Å². The first-order valence-electron chi connectivity index (χ1n) is 7.98. The van der Waals surface area contributed by atoms with Gasteiger partial charge in [0.2, 0.25) is 0 Å². The van der Waals surface area contributed by atoms with Gasteiger partial charge < -0.3 is 10.2 Å². The smallest absolute Gasteiger partial charge is 0.137 e. The summed E-state index contributed by atoms with van der Waals surface area (Å²) in [5.74, 6) is 5.49. The molecule has 2 heteroatoms. The third-order valence-corrected chi connectivity index (χ3v) is 6.30. The van der Waals surface area contributed by atoms with E-state index in [4.69, 9.17) is 10.2 Å². The van der Waals surface area contributed by atoms with Gasteiger partial charge in [0, 0.05) is 5.39 Å². The van der Waals surface area contributed by atoms with Crippen molar-refractivity contribution in [1.29, 1.82) is 0 Å². The van der Waals surface area contributed by atoms with Gasteiger partial charge in [0.25, 0.3) is 0 Å². The number of aryl methyl sites for hydroxylation is 1. The highest BCUT2D eigenvalue weighted by Gasteiger charge is 2.66. The van der Waals surface area contributed by atoms with Crippen LogP contribution < -0.4 is 5.73 Å². The molecule has 0 saturated heterocycles. The first-order valence-corrected chi connectivity index (χ1v) is 7.98. The molecule has 5 unspecified atom stereocenters. The van der Waals surface area contributed by atoms with Crippen LogP contribution in [0.2, 0.25) is 0 Å². The maximum atomic E-state index is 6.56. The third-order valence-electron chi connectivity index (χ3n) is 6.30. The normalized spacial score (nSPS) is 39.2. The standard InChI is InChI=1S/C18H21NO/c1-9-3-2-4-12-8-13(20-18(9)12)17(19)16-14-10-5-6-11(7-10)15(14)16/h2-4,8,10-11,14-17H,5-7,19H2,1H3. The zero-order valence-corrected chi connectivity index (χ0v) is 11.9. The Morgan fingerprint density at radius 3 is 2.65 bits per heavy atom. The van der Waals surface area contributed by atoms with E-state index in [-0.39, 0.29) is 6.04 Å². The molecule has 0 amide bonds. The van der Waals surface area contributed by atoms with Crippen molar-refractivity contribution in [3.8, 4) is 0 Å². The molecule has 3 aliphatic carbocycles. The maximum absolute atomic E-state index is 6.56. The Hall–Kier alpha value is -1.28. The number of furan rings is 1. The molecule has 0 aliphatic heterocycles. The molecule has 3 saturated carbocycles. The molecular formula is C18H21NO. The predicted octanol–water partition coefficient (Wildman–Crippen LogP) is 4.03. The van der Waals surface area contributed by atoms with E-state index < -0.39 is 0 Å². The number of hydrogen-bond donors (Lipinski definition) is 1. The molecule has 1 heterocycles. The first kappa shape index (κ1) is 11.4. The van der Waals surface area contributed by atoms with Crippen molar-refractivity contribution in [1.82, 2.24) is 0 Å². The maximum Gasteiger partial charge on any atom is 0.137 e. The fraction of sp³-hybridized carbons (Fsp3) is 0.556. The summed E-state index contributed by atoms with van der Waals surface area (Å²) in [6.45, 7) is 2.10. The molecule has 1 aromatic heterocycles. The lowest BCUT2D eigenvalue weighted by Gasteiger charge is -2.13. The molecule has 104 valence electrons. The minimum absolute atomic E-state index is 0.111. The summed E-state index contributed by atoms with van der Waals surface area (Å²) in [7, 11) is 0. The molecule has 2 N–H and O–H groups in total. The quantitative estimate of drug-likeness (QED) is 0.892. The molecule has 3 fully saturated rings. The lowest BCUT2D eigenvalue weighted by atomic mass is 9.96. The highest BCUT2D eigenvalue weighted by Crippen LogP contribution is 2.71. The van der Waals surface area contributed by atoms with Crippen molar-refractivity contribution in [2.75, 3.05) is 0 Å². The lowest BCUT2D eigenvalue weighted by Crippen LogP contribution is -2.16.